The number of fused-ring (bicyclic) bond motifs is 1. The number of rotatable bonds is 5. The maximum atomic E-state index is 13.4. The largest absolute Gasteiger partial charge is 0.347 e. The standard InChI is InChI=1S/C28H28ClN3O3/c1-5-9-20-23(27(35)32(30-20)17-10-7-6-8-11-17)24-25(33)18(26(24)34)15-22-28(2,3)19-14-16(29)12-13-21(19)31(22)4/h6-8,10-15,18,24,30H,5,9H2,1-4H3/b22-15+. The first-order valence-corrected chi connectivity index (χ1v) is 12.3. The van der Waals surface area contributed by atoms with Crippen LogP contribution in [0, 0.1) is 5.92 Å². The molecule has 3 aromatic rings. The summed E-state index contributed by atoms with van der Waals surface area (Å²) in [6.07, 6.45) is 3.14. The number of anilines is 1. The lowest BCUT2D eigenvalue weighted by atomic mass is 9.67. The van der Waals surface area contributed by atoms with E-state index < -0.39 is 17.3 Å². The van der Waals surface area contributed by atoms with Gasteiger partial charge in [0.1, 0.15) is 5.92 Å². The number of halogens is 1. The molecule has 0 bridgehead atoms. The van der Waals surface area contributed by atoms with Gasteiger partial charge < -0.3 is 4.90 Å². The molecule has 1 N–H and O–H groups in total. The minimum absolute atomic E-state index is 0.227. The first-order chi connectivity index (χ1) is 16.7. The van der Waals surface area contributed by atoms with Gasteiger partial charge >= 0.3 is 0 Å². The SMILES string of the molecule is CCCc1[nH]n(-c2ccccc2)c(=O)c1C1C(=O)C(/C=C2/N(C)c3ccc(Cl)cc3C2(C)C)C1=O. The second-order valence-corrected chi connectivity index (χ2v) is 10.3. The van der Waals surface area contributed by atoms with Crippen molar-refractivity contribution in [1.82, 2.24) is 9.78 Å². The molecule has 0 atom stereocenters. The van der Waals surface area contributed by atoms with Crippen LogP contribution in [-0.4, -0.2) is 28.4 Å². The van der Waals surface area contributed by atoms with Gasteiger partial charge in [0.15, 0.2) is 11.6 Å². The number of nitrogens with zero attached hydrogens (tertiary/aromatic N) is 2. The number of H-pyrrole nitrogens is 1. The van der Waals surface area contributed by atoms with Crippen LogP contribution in [-0.2, 0) is 21.4 Å². The molecule has 7 heteroatoms. The first-order valence-electron chi connectivity index (χ1n) is 11.9. The van der Waals surface area contributed by atoms with Crippen molar-refractivity contribution in [3.63, 3.8) is 0 Å². The van der Waals surface area contributed by atoms with Gasteiger partial charge in [-0.3, -0.25) is 19.5 Å². The number of carbonyl (C=O) groups excluding carboxylic acids is 2. The van der Waals surface area contributed by atoms with Crippen LogP contribution in [0.4, 0.5) is 5.69 Å². The minimum atomic E-state index is -1.03. The Morgan fingerprint density at radius 2 is 1.74 bits per heavy atom. The van der Waals surface area contributed by atoms with E-state index in [0.29, 0.717) is 22.8 Å². The van der Waals surface area contributed by atoms with Crippen LogP contribution >= 0.6 is 11.6 Å². The van der Waals surface area contributed by atoms with Crippen LogP contribution in [0.1, 0.15) is 49.9 Å². The molecular weight excluding hydrogens is 462 g/mol. The summed E-state index contributed by atoms with van der Waals surface area (Å²) in [4.78, 5) is 42.2. The van der Waals surface area contributed by atoms with Crippen LogP contribution in [0.15, 0.2) is 65.1 Å². The molecule has 6 nitrogen and oxygen atoms in total. The number of aromatic amines is 1. The number of hydrogen-bond acceptors (Lipinski definition) is 4. The molecule has 0 spiro atoms. The Hall–Kier alpha value is -3.38. The van der Waals surface area contributed by atoms with Crippen molar-refractivity contribution in [3.8, 4) is 5.69 Å². The Bertz CT molecular complexity index is 1420. The molecule has 0 radical (unpaired) electrons. The fourth-order valence-electron chi connectivity index (χ4n) is 5.45. The van der Waals surface area contributed by atoms with Gasteiger partial charge in [-0.1, -0.05) is 57.0 Å². The average molecular weight is 490 g/mol. The number of para-hydroxylation sites is 1. The van der Waals surface area contributed by atoms with Crippen molar-refractivity contribution in [1.29, 1.82) is 0 Å². The quantitative estimate of drug-likeness (QED) is 0.515. The lowest BCUT2D eigenvalue weighted by Gasteiger charge is -2.32. The number of likely N-dealkylation sites (N-methyl/N-ethyl adjacent to an activating group) is 1. The van der Waals surface area contributed by atoms with E-state index in [1.807, 2.05) is 67.4 Å². The van der Waals surface area contributed by atoms with Gasteiger partial charge in [-0.2, -0.15) is 0 Å². The van der Waals surface area contributed by atoms with E-state index >= 15 is 0 Å². The zero-order chi connectivity index (χ0) is 25.1. The van der Waals surface area contributed by atoms with Crippen molar-refractivity contribution in [3.05, 3.63) is 92.5 Å². The van der Waals surface area contributed by atoms with Crippen LogP contribution < -0.4 is 10.5 Å². The molecule has 1 aromatic heterocycles. The maximum absolute atomic E-state index is 13.4. The molecule has 2 aromatic carbocycles. The normalized spacial score (nSPS) is 22.0. The third kappa shape index (κ3) is 3.50. The monoisotopic (exact) mass is 489 g/mol. The molecule has 1 saturated carbocycles. The smallest absolute Gasteiger partial charge is 0.275 e. The zero-order valence-electron chi connectivity index (χ0n) is 20.3. The van der Waals surface area contributed by atoms with Crippen LogP contribution in [0.2, 0.25) is 5.02 Å². The highest BCUT2D eigenvalue weighted by atomic mass is 35.5. The van der Waals surface area contributed by atoms with Crippen molar-refractivity contribution < 1.29 is 9.59 Å². The van der Waals surface area contributed by atoms with E-state index in [9.17, 15) is 14.4 Å². The van der Waals surface area contributed by atoms with Gasteiger partial charge in [0.2, 0.25) is 0 Å². The maximum Gasteiger partial charge on any atom is 0.275 e. The molecule has 0 saturated heterocycles. The van der Waals surface area contributed by atoms with E-state index in [-0.39, 0.29) is 22.7 Å². The fraction of sp³-hybridized carbons (Fsp3) is 0.321. The molecule has 1 aliphatic carbocycles. The van der Waals surface area contributed by atoms with Crippen molar-refractivity contribution in [2.45, 2.75) is 44.9 Å². The number of nitrogens with one attached hydrogen (secondary N) is 1. The van der Waals surface area contributed by atoms with Crippen LogP contribution in [0.5, 0.6) is 0 Å². The van der Waals surface area contributed by atoms with E-state index in [2.05, 4.69) is 18.9 Å². The summed E-state index contributed by atoms with van der Waals surface area (Å²) < 4.78 is 1.43. The third-order valence-electron chi connectivity index (χ3n) is 7.31. The summed E-state index contributed by atoms with van der Waals surface area (Å²) in [6.45, 7) is 6.13. The Morgan fingerprint density at radius 1 is 1.06 bits per heavy atom. The number of ketones is 2. The van der Waals surface area contributed by atoms with Gasteiger partial charge in [-0.05, 0) is 48.4 Å². The van der Waals surface area contributed by atoms with Crippen LogP contribution in [0.25, 0.3) is 5.69 Å². The molecule has 2 heterocycles. The predicted octanol–water partition coefficient (Wildman–Crippen LogP) is 4.93. The summed E-state index contributed by atoms with van der Waals surface area (Å²) in [7, 11) is 1.93. The minimum Gasteiger partial charge on any atom is -0.347 e. The summed E-state index contributed by atoms with van der Waals surface area (Å²) in [5.41, 5.74) is 3.79. The molecular formula is C28H28ClN3O3. The lowest BCUT2D eigenvalue weighted by Crippen LogP contribution is -2.48. The van der Waals surface area contributed by atoms with Crippen molar-refractivity contribution in [2.75, 3.05) is 11.9 Å². The van der Waals surface area contributed by atoms with E-state index in [0.717, 1.165) is 23.4 Å². The molecule has 5 rings (SSSR count). The molecule has 2 aliphatic rings. The summed E-state index contributed by atoms with van der Waals surface area (Å²) in [6, 6.07) is 14.9. The average Bonchev–Trinajstić information content (AvgIpc) is 3.24. The van der Waals surface area contributed by atoms with Crippen molar-refractivity contribution in [2.24, 2.45) is 5.92 Å². The molecule has 35 heavy (non-hydrogen) atoms. The summed E-state index contributed by atoms with van der Waals surface area (Å²) >= 11 is 6.24. The number of carbonyl (C=O) groups is 2. The van der Waals surface area contributed by atoms with Gasteiger partial charge in [0, 0.05) is 34.6 Å². The van der Waals surface area contributed by atoms with E-state index in [1.165, 1.54) is 4.68 Å². The van der Waals surface area contributed by atoms with E-state index in [4.69, 9.17) is 11.6 Å². The van der Waals surface area contributed by atoms with E-state index in [1.54, 1.807) is 6.08 Å². The van der Waals surface area contributed by atoms with Gasteiger partial charge in [-0.15, -0.1) is 0 Å². The summed E-state index contributed by atoms with van der Waals surface area (Å²) in [5.74, 6) is -2.35. The van der Waals surface area contributed by atoms with Crippen molar-refractivity contribution >= 4 is 28.9 Å². The molecule has 0 unspecified atom stereocenters. The number of Topliss-reactive ketones (excluding diaryl/α,β-unsaturated/α-hetero) is 2. The van der Waals surface area contributed by atoms with Gasteiger partial charge in [0.05, 0.1) is 17.2 Å². The second-order valence-electron chi connectivity index (χ2n) is 9.84. The Labute approximate surface area is 209 Å². The number of benzene rings is 2. The molecule has 1 fully saturated rings. The fourth-order valence-corrected chi connectivity index (χ4v) is 5.62. The molecule has 0 amide bonds. The Balaban J connectivity index is 1.51. The lowest BCUT2D eigenvalue weighted by molar-refractivity contribution is -0.144. The Kier molecular flexibility index (Phi) is 5.59. The second kappa shape index (κ2) is 8.38. The summed E-state index contributed by atoms with van der Waals surface area (Å²) in [5, 5.41) is 3.79. The van der Waals surface area contributed by atoms with Gasteiger partial charge in [0.25, 0.3) is 5.56 Å². The molecule has 180 valence electrons. The number of aryl methyl sites for hydroxylation is 1. The first kappa shape index (κ1) is 23.4. The van der Waals surface area contributed by atoms with Crippen LogP contribution in [0.3, 0.4) is 0 Å². The third-order valence-corrected chi connectivity index (χ3v) is 7.55. The molecule has 1 aliphatic heterocycles. The number of allylic oxidation sites excluding steroid dienone is 2. The Morgan fingerprint density at radius 3 is 2.40 bits per heavy atom. The zero-order valence-corrected chi connectivity index (χ0v) is 21.0. The highest BCUT2D eigenvalue weighted by molar-refractivity contribution is 6.31. The highest BCUT2D eigenvalue weighted by Gasteiger charge is 2.52. The highest BCUT2D eigenvalue weighted by Crippen LogP contribution is 2.49. The topological polar surface area (TPSA) is 75.2 Å². The number of aromatic nitrogens is 2. The number of hydrogen-bond donors (Lipinski definition) is 1. The van der Waals surface area contributed by atoms with Gasteiger partial charge in [-0.25, -0.2) is 4.68 Å². The predicted molar refractivity (Wildman–Crippen MR) is 138 cm³/mol.